The normalized spacial score (nSPS) is 15.9. The fourth-order valence-corrected chi connectivity index (χ4v) is 4.75. The van der Waals surface area contributed by atoms with Crippen molar-refractivity contribution in [2.24, 2.45) is 0 Å². The zero-order chi connectivity index (χ0) is 23.1. The molecule has 2 heterocycles. The van der Waals surface area contributed by atoms with Gasteiger partial charge in [0, 0.05) is 45.1 Å². The number of hydrogen-bond donors (Lipinski definition) is 1. The summed E-state index contributed by atoms with van der Waals surface area (Å²) in [6.45, 7) is 7.22. The van der Waals surface area contributed by atoms with Crippen LogP contribution in [0.4, 0.5) is 5.69 Å². The molecule has 0 unspecified atom stereocenters. The van der Waals surface area contributed by atoms with Crippen LogP contribution in [0.2, 0.25) is 0 Å². The molecule has 1 fully saturated rings. The molecule has 1 aromatic heterocycles. The quantitative estimate of drug-likeness (QED) is 0.512. The van der Waals surface area contributed by atoms with E-state index in [0.717, 1.165) is 0 Å². The summed E-state index contributed by atoms with van der Waals surface area (Å²) in [5, 5.41) is 10.5. The van der Waals surface area contributed by atoms with E-state index in [-0.39, 0.29) is 10.6 Å². The summed E-state index contributed by atoms with van der Waals surface area (Å²) in [4.78, 5) is 14.8. The first kappa shape index (κ1) is 24.3. The van der Waals surface area contributed by atoms with Gasteiger partial charge in [-0.05, 0) is 39.1 Å². The second kappa shape index (κ2) is 11.0. The number of anilines is 1. The maximum Gasteiger partial charge on any atom is 0.277 e. The Kier molecular flexibility index (Phi) is 8.32. The monoisotopic (exact) mass is 466 g/mol. The molecule has 0 aliphatic carbocycles. The number of nitrogens with one attached hydrogen (secondary N) is 1. The van der Waals surface area contributed by atoms with Crippen LogP contribution in [0.1, 0.15) is 24.3 Å². The van der Waals surface area contributed by atoms with E-state index in [9.17, 15) is 13.2 Å². The summed E-state index contributed by atoms with van der Waals surface area (Å²) in [6.07, 6.45) is 1.00. The lowest BCUT2D eigenvalue weighted by Gasteiger charge is -2.31. The maximum atomic E-state index is 13.0. The molecule has 1 saturated heterocycles. The Balaban J connectivity index is 1.67. The Morgan fingerprint density at radius 1 is 1.16 bits per heavy atom. The number of amides is 1. The van der Waals surface area contributed by atoms with Crippen molar-refractivity contribution in [3.8, 4) is 0 Å². The summed E-state index contributed by atoms with van der Waals surface area (Å²) in [7, 11) is -1.67. The predicted octanol–water partition coefficient (Wildman–Crippen LogP) is 0.866. The highest BCUT2D eigenvalue weighted by atomic mass is 32.2. The van der Waals surface area contributed by atoms with Gasteiger partial charge in [-0.3, -0.25) is 4.79 Å². The Bertz CT molecular complexity index is 997. The molecule has 1 N–H and O–H groups in total. The molecule has 12 heteroatoms. The van der Waals surface area contributed by atoms with Crippen LogP contribution in [0, 0.1) is 0 Å². The van der Waals surface area contributed by atoms with Crippen molar-refractivity contribution in [1.29, 1.82) is 0 Å². The molecule has 3 rings (SSSR count). The Labute approximate surface area is 188 Å². The molecule has 1 aliphatic heterocycles. The topological polar surface area (TPSA) is 119 Å². The standard InChI is InChI=1S/C20H30N6O5S/c1-4-30-19(31-5-2)15-25-14-18(22-23-25)20(27)21-16-7-6-8-17(13-16)32(28,29)26-11-9-24(3)10-12-26/h6-8,13-14,19H,4-5,9-12,15H2,1-3H3,(H,21,27). The number of ether oxygens (including phenoxy) is 2. The van der Waals surface area contributed by atoms with Gasteiger partial charge in [-0.2, -0.15) is 4.31 Å². The third-order valence-corrected chi connectivity index (χ3v) is 6.90. The number of rotatable bonds is 10. The minimum atomic E-state index is -3.63. The number of hydrogen-bond acceptors (Lipinski definition) is 8. The van der Waals surface area contributed by atoms with Gasteiger partial charge in [-0.1, -0.05) is 11.3 Å². The largest absolute Gasteiger partial charge is 0.351 e. The number of benzene rings is 1. The minimum absolute atomic E-state index is 0.101. The van der Waals surface area contributed by atoms with E-state index in [2.05, 4.69) is 20.5 Å². The zero-order valence-electron chi connectivity index (χ0n) is 18.6. The summed E-state index contributed by atoms with van der Waals surface area (Å²) in [6, 6.07) is 6.22. The second-order valence-corrected chi connectivity index (χ2v) is 9.29. The van der Waals surface area contributed by atoms with Crippen LogP contribution < -0.4 is 5.32 Å². The first-order valence-corrected chi connectivity index (χ1v) is 12.0. The van der Waals surface area contributed by atoms with Gasteiger partial charge in [0.1, 0.15) is 0 Å². The number of carbonyl (C=O) groups excluding carboxylic acids is 1. The fraction of sp³-hybridized carbons (Fsp3) is 0.550. The molecule has 32 heavy (non-hydrogen) atoms. The van der Waals surface area contributed by atoms with Crippen LogP contribution >= 0.6 is 0 Å². The highest BCUT2D eigenvalue weighted by molar-refractivity contribution is 7.89. The van der Waals surface area contributed by atoms with Gasteiger partial charge in [0.2, 0.25) is 10.0 Å². The molecular weight excluding hydrogens is 436 g/mol. The summed E-state index contributed by atoms with van der Waals surface area (Å²) in [5.41, 5.74) is 0.463. The summed E-state index contributed by atoms with van der Waals surface area (Å²) < 4.78 is 39.8. The van der Waals surface area contributed by atoms with Crippen molar-refractivity contribution < 1.29 is 22.7 Å². The van der Waals surface area contributed by atoms with E-state index >= 15 is 0 Å². The average molecular weight is 467 g/mol. The van der Waals surface area contributed by atoms with Crippen LogP contribution in [-0.2, 0) is 26.0 Å². The molecule has 0 saturated carbocycles. The van der Waals surface area contributed by atoms with E-state index in [1.807, 2.05) is 20.9 Å². The van der Waals surface area contributed by atoms with Gasteiger partial charge in [-0.15, -0.1) is 5.10 Å². The van der Waals surface area contributed by atoms with Gasteiger partial charge in [0.05, 0.1) is 17.6 Å². The van der Waals surface area contributed by atoms with Crippen molar-refractivity contribution in [3.63, 3.8) is 0 Å². The third kappa shape index (κ3) is 6.11. The summed E-state index contributed by atoms with van der Waals surface area (Å²) >= 11 is 0. The Morgan fingerprint density at radius 2 is 1.84 bits per heavy atom. The highest BCUT2D eigenvalue weighted by Crippen LogP contribution is 2.21. The SMILES string of the molecule is CCOC(Cn1cc(C(=O)Nc2cccc(S(=O)(=O)N3CCN(C)CC3)c2)nn1)OCC. The average Bonchev–Trinajstić information content (AvgIpc) is 3.23. The molecule has 11 nitrogen and oxygen atoms in total. The van der Waals surface area contributed by atoms with E-state index in [4.69, 9.17) is 9.47 Å². The van der Waals surface area contributed by atoms with Crippen molar-refractivity contribution in [2.45, 2.75) is 31.6 Å². The molecule has 1 aliphatic rings. The number of sulfonamides is 1. The first-order valence-electron chi connectivity index (χ1n) is 10.6. The lowest BCUT2D eigenvalue weighted by molar-refractivity contribution is -0.145. The highest BCUT2D eigenvalue weighted by Gasteiger charge is 2.27. The molecule has 1 amide bonds. The third-order valence-electron chi connectivity index (χ3n) is 5.00. The number of nitrogens with zero attached hydrogens (tertiary/aromatic N) is 5. The second-order valence-electron chi connectivity index (χ2n) is 7.36. The molecule has 0 atom stereocenters. The molecule has 0 spiro atoms. The number of piperazine rings is 1. The number of carbonyl (C=O) groups is 1. The smallest absolute Gasteiger partial charge is 0.277 e. The predicted molar refractivity (Wildman–Crippen MR) is 118 cm³/mol. The van der Waals surface area contributed by atoms with Crippen LogP contribution in [0.15, 0.2) is 35.4 Å². The zero-order valence-corrected chi connectivity index (χ0v) is 19.4. The van der Waals surface area contributed by atoms with Gasteiger partial charge in [-0.25, -0.2) is 13.1 Å². The van der Waals surface area contributed by atoms with Gasteiger partial charge < -0.3 is 19.7 Å². The van der Waals surface area contributed by atoms with Crippen LogP contribution in [0.25, 0.3) is 0 Å². The Hall–Kier alpha value is -2.38. The molecule has 176 valence electrons. The first-order chi connectivity index (χ1) is 15.3. The van der Waals surface area contributed by atoms with Gasteiger partial charge in [0.25, 0.3) is 5.91 Å². The molecule has 1 aromatic carbocycles. The Morgan fingerprint density at radius 3 is 2.50 bits per heavy atom. The molecular formula is C20H30N6O5S. The van der Waals surface area contributed by atoms with Gasteiger partial charge in [0.15, 0.2) is 12.0 Å². The van der Waals surface area contributed by atoms with Crippen molar-refractivity contribution in [3.05, 3.63) is 36.2 Å². The van der Waals surface area contributed by atoms with Crippen LogP contribution in [-0.4, -0.2) is 91.3 Å². The lowest BCUT2D eigenvalue weighted by atomic mass is 10.3. The van der Waals surface area contributed by atoms with E-state index in [1.54, 1.807) is 12.1 Å². The van der Waals surface area contributed by atoms with E-state index in [1.165, 1.54) is 27.3 Å². The number of likely N-dealkylation sites (N-methyl/N-ethyl adjacent to an activating group) is 1. The molecule has 2 aromatic rings. The number of aromatic nitrogens is 3. The molecule has 0 bridgehead atoms. The van der Waals surface area contributed by atoms with Crippen molar-refractivity contribution in [1.82, 2.24) is 24.2 Å². The van der Waals surface area contributed by atoms with Crippen molar-refractivity contribution in [2.75, 3.05) is 51.8 Å². The summed E-state index contributed by atoms with van der Waals surface area (Å²) in [5.74, 6) is -0.491. The maximum absolute atomic E-state index is 13.0. The lowest BCUT2D eigenvalue weighted by Crippen LogP contribution is -2.47. The van der Waals surface area contributed by atoms with Crippen LogP contribution in [0.5, 0.6) is 0 Å². The fourth-order valence-electron chi connectivity index (χ4n) is 3.28. The minimum Gasteiger partial charge on any atom is -0.351 e. The van der Waals surface area contributed by atoms with E-state index < -0.39 is 22.2 Å². The van der Waals surface area contributed by atoms with Gasteiger partial charge >= 0.3 is 0 Å². The molecule has 0 radical (unpaired) electrons. The van der Waals surface area contributed by atoms with Crippen LogP contribution in [0.3, 0.4) is 0 Å². The van der Waals surface area contributed by atoms with Crippen molar-refractivity contribution >= 4 is 21.6 Å². The van der Waals surface area contributed by atoms with E-state index in [0.29, 0.717) is 51.6 Å².